The van der Waals surface area contributed by atoms with E-state index in [0.29, 0.717) is 19.5 Å². The number of nitrogens with zero attached hydrogens (tertiary/aromatic N) is 1. The number of ether oxygens (including phenoxy) is 2. The number of rotatable bonds is 11. The van der Waals surface area contributed by atoms with Crippen LogP contribution in [-0.2, 0) is 11.3 Å². The number of hydrogen-bond acceptors (Lipinski definition) is 3. The van der Waals surface area contributed by atoms with Crippen molar-refractivity contribution in [1.82, 2.24) is 4.90 Å². The van der Waals surface area contributed by atoms with Crippen molar-refractivity contribution in [2.24, 2.45) is 0 Å². The van der Waals surface area contributed by atoms with E-state index >= 15 is 0 Å². The molecule has 0 N–H and O–H groups in total. The molecule has 0 aliphatic heterocycles. The highest BCUT2D eigenvalue weighted by Gasteiger charge is 2.21. The fourth-order valence-corrected chi connectivity index (χ4v) is 4.11. The minimum Gasteiger partial charge on any atom is -0.496 e. The van der Waals surface area contributed by atoms with Crippen LogP contribution in [0.5, 0.6) is 11.5 Å². The lowest BCUT2D eigenvalue weighted by atomic mass is 9.87. The summed E-state index contributed by atoms with van der Waals surface area (Å²) in [5.41, 5.74) is 3.45. The fraction of sp³-hybridized carbons (Fsp3) is 0.345. The molecule has 33 heavy (non-hydrogen) atoms. The highest BCUT2D eigenvalue weighted by Crippen LogP contribution is 2.35. The van der Waals surface area contributed by atoms with Gasteiger partial charge in [0.05, 0.1) is 13.2 Å². The van der Waals surface area contributed by atoms with Gasteiger partial charge in [0, 0.05) is 31.0 Å². The van der Waals surface area contributed by atoms with Crippen molar-refractivity contribution in [2.45, 2.75) is 52.2 Å². The Morgan fingerprint density at radius 2 is 1.58 bits per heavy atom. The van der Waals surface area contributed by atoms with Gasteiger partial charge in [0.2, 0.25) is 5.91 Å². The zero-order chi connectivity index (χ0) is 23.6. The summed E-state index contributed by atoms with van der Waals surface area (Å²) in [7, 11) is 1.71. The van der Waals surface area contributed by atoms with Crippen molar-refractivity contribution in [3.63, 3.8) is 0 Å². The molecule has 0 aromatic heterocycles. The Kier molecular flexibility index (Phi) is 8.94. The molecule has 1 unspecified atom stereocenters. The van der Waals surface area contributed by atoms with Crippen LogP contribution in [0.1, 0.15) is 56.2 Å². The second-order valence-corrected chi connectivity index (χ2v) is 8.47. The molecule has 0 aliphatic carbocycles. The topological polar surface area (TPSA) is 38.8 Å². The zero-order valence-electron chi connectivity index (χ0n) is 20.2. The van der Waals surface area contributed by atoms with Crippen LogP contribution in [0.25, 0.3) is 0 Å². The number of hydrogen-bond donors (Lipinski definition) is 0. The van der Waals surface area contributed by atoms with Gasteiger partial charge in [-0.05, 0) is 49.6 Å². The molecule has 4 nitrogen and oxygen atoms in total. The molecule has 0 spiro atoms. The van der Waals surface area contributed by atoms with Crippen LogP contribution in [0.15, 0.2) is 78.9 Å². The number of benzene rings is 3. The van der Waals surface area contributed by atoms with Crippen LogP contribution in [0.2, 0.25) is 0 Å². The third-order valence-electron chi connectivity index (χ3n) is 5.73. The molecule has 0 fully saturated rings. The molecule has 0 bridgehead atoms. The lowest BCUT2D eigenvalue weighted by Gasteiger charge is -2.27. The van der Waals surface area contributed by atoms with Crippen molar-refractivity contribution in [2.75, 3.05) is 13.7 Å². The highest BCUT2D eigenvalue weighted by atomic mass is 16.5. The maximum atomic E-state index is 12.8. The highest BCUT2D eigenvalue weighted by molar-refractivity contribution is 5.75. The maximum Gasteiger partial charge on any atom is 0.222 e. The van der Waals surface area contributed by atoms with Crippen molar-refractivity contribution < 1.29 is 14.3 Å². The summed E-state index contributed by atoms with van der Waals surface area (Å²) in [4.78, 5) is 14.7. The number of amides is 1. The first-order chi connectivity index (χ1) is 16.0. The van der Waals surface area contributed by atoms with Gasteiger partial charge in [-0.1, -0.05) is 67.6 Å². The van der Waals surface area contributed by atoms with E-state index in [2.05, 4.69) is 30.3 Å². The molecule has 1 atom stereocenters. The normalized spacial score (nSPS) is 11.8. The smallest absolute Gasteiger partial charge is 0.222 e. The van der Waals surface area contributed by atoms with E-state index in [0.717, 1.165) is 29.0 Å². The number of carbonyl (C=O) groups is 1. The quantitative estimate of drug-likeness (QED) is 0.341. The van der Waals surface area contributed by atoms with Crippen LogP contribution in [-0.4, -0.2) is 30.6 Å². The van der Waals surface area contributed by atoms with Crippen molar-refractivity contribution in [3.05, 3.63) is 95.6 Å². The molecule has 0 radical (unpaired) electrons. The number of carbonyl (C=O) groups excluding carboxylic acids is 1. The Hall–Kier alpha value is -3.27. The second-order valence-electron chi connectivity index (χ2n) is 8.47. The van der Waals surface area contributed by atoms with Gasteiger partial charge in [-0.2, -0.15) is 0 Å². The first-order valence-corrected chi connectivity index (χ1v) is 11.7. The SMILES string of the molecule is CCC(=O)N(CCC(c1ccc(OC(C)C)cc1)c1ccccc1OC)Cc1ccccc1. The molecule has 0 aliphatic rings. The summed E-state index contributed by atoms with van der Waals surface area (Å²) in [5, 5.41) is 0. The van der Waals surface area contributed by atoms with E-state index in [1.54, 1.807) is 7.11 Å². The molecule has 4 heteroatoms. The molecule has 0 heterocycles. The van der Waals surface area contributed by atoms with E-state index in [1.165, 1.54) is 5.56 Å². The van der Waals surface area contributed by atoms with Gasteiger partial charge in [0.25, 0.3) is 0 Å². The molecule has 0 saturated heterocycles. The Morgan fingerprint density at radius 1 is 0.909 bits per heavy atom. The Bertz CT molecular complexity index is 999. The third kappa shape index (κ3) is 6.85. The average molecular weight is 446 g/mol. The number of para-hydroxylation sites is 1. The Labute approximate surface area is 198 Å². The molecular weight excluding hydrogens is 410 g/mol. The molecule has 3 rings (SSSR count). The van der Waals surface area contributed by atoms with Gasteiger partial charge in [0.15, 0.2) is 0 Å². The summed E-state index contributed by atoms with van der Waals surface area (Å²) in [5.74, 6) is 1.98. The summed E-state index contributed by atoms with van der Waals surface area (Å²) < 4.78 is 11.5. The summed E-state index contributed by atoms with van der Waals surface area (Å²) in [6.07, 6.45) is 1.42. The van der Waals surface area contributed by atoms with Crippen LogP contribution in [0.4, 0.5) is 0 Å². The van der Waals surface area contributed by atoms with Crippen LogP contribution in [0, 0.1) is 0 Å². The predicted octanol–water partition coefficient (Wildman–Crippen LogP) is 6.44. The van der Waals surface area contributed by atoms with Crippen molar-refractivity contribution >= 4 is 5.91 Å². The molecule has 1 amide bonds. The van der Waals surface area contributed by atoms with Gasteiger partial charge in [0.1, 0.15) is 11.5 Å². The molecule has 0 saturated carbocycles. The first kappa shape index (κ1) is 24.4. The minimum absolute atomic E-state index is 0.0946. The fourth-order valence-electron chi connectivity index (χ4n) is 4.11. The lowest BCUT2D eigenvalue weighted by Crippen LogP contribution is -2.31. The largest absolute Gasteiger partial charge is 0.496 e. The van der Waals surface area contributed by atoms with Crippen molar-refractivity contribution in [3.8, 4) is 11.5 Å². The first-order valence-electron chi connectivity index (χ1n) is 11.7. The summed E-state index contributed by atoms with van der Waals surface area (Å²) in [6, 6.07) is 26.6. The van der Waals surface area contributed by atoms with Crippen LogP contribution in [0.3, 0.4) is 0 Å². The summed E-state index contributed by atoms with van der Waals surface area (Å²) >= 11 is 0. The van der Waals surface area contributed by atoms with Gasteiger partial charge in [-0.15, -0.1) is 0 Å². The minimum atomic E-state index is 0.0946. The van der Waals surface area contributed by atoms with E-state index in [4.69, 9.17) is 9.47 Å². The maximum absolute atomic E-state index is 12.8. The van der Waals surface area contributed by atoms with E-state index in [1.807, 2.05) is 74.2 Å². The number of methoxy groups -OCH3 is 1. The summed E-state index contributed by atoms with van der Waals surface area (Å²) in [6.45, 7) is 7.25. The monoisotopic (exact) mass is 445 g/mol. The van der Waals surface area contributed by atoms with E-state index < -0.39 is 0 Å². The lowest BCUT2D eigenvalue weighted by molar-refractivity contribution is -0.131. The van der Waals surface area contributed by atoms with Crippen molar-refractivity contribution in [1.29, 1.82) is 0 Å². The van der Waals surface area contributed by atoms with Gasteiger partial charge >= 0.3 is 0 Å². The van der Waals surface area contributed by atoms with Crippen LogP contribution < -0.4 is 9.47 Å². The molecule has 3 aromatic carbocycles. The molecular formula is C29H35NO3. The average Bonchev–Trinajstić information content (AvgIpc) is 2.84. The Balaban J connectivity index is 1.87. The predicted molar refractivity (Wildman–Crippen MR) is 134 cm³/mol. The molecule has 174 valence electrons. The van der Waals surface area contributed by atoms with E-state index in [-0.39, 0.29) is 17.9 Å². The molecule has 3 aromatic rings. The van der Waals surface area contributed by atoms with E-state index in [9.17, 15) is 4.79 Å². The Morgan fingerprint density at radius 3 is 2.21 bits per heavy atom. The van der Waals surface area contributed by atoms with Crippen LogP contribution >= 0.6 is 0 Å². The van der Waals surface area contributed by atoms with Gasteiger partial charge in [-0.3, -0.25) is 4.79 Å². The third-order valence-corrected chi connectivity index (χ3v) is 5.73. The second kappa shape index (κ2) is 12.1. The van der Waals surface area contributed by atoms with Gasteiger partial charge in [-0.25, -0.2) is 0 Å². The van der Waals surface area contributed by atoms with Gasteiger partial charge < -0.3 is 14.4 Å². The standard InChI is InChI=1S/C29H35NO3/c1-5-29(31)30(21-23-11-7-6-8-12-23)20-19-26(27-13-9-10-14-28(27)32-4)24-15-17-25(18-16-24)33-22(2)3/h6-18,22,26H,5,19-21H2,1-4H3. The zero-order valence-corrected chi connectivity index (χ0v) is 20.2.